The van der Waals surface area contributed by atoms with Crippen molar-refractivity contribution < 1.29 is 9.52 Å². The van der Waals surface area contributed by atoms with Gasteiger partial charge in [0.25, 0.3) is 0 Å². The van der Waals surface area contributed by atoms with Crippen LogP contribution in [0.4, 0.5) is 17.2 Å². The van der Waals surface area contributed by atoms with Gasteiger partial charge in [0.15, 0.2) is 5.82 Å². The Hall–Kier alpha value is -6.27. The van der Waals surface area contributed by atoms with Crippen molar-refractivity contribution in [3.63, 3.8) is 0 Å². The molecule has 0 unspecified atom stereocenters. The number of hydrogen-bond donors (Lipinski definition) is 1. The maximum atomic E-state index is 12.1. The summed E-state index contributed by atoms with van der Waals surface area (Å²) in [6.45, 7) is 13.0. The molecule has 53 heavy (non-hydrogen) atoms. The first kappa shape index (κ1) is 33.9. The summed E-state index contributed by atoms with van der Waals surface area (Å²) in [5, 5.41) is 13.8. The summed E-state index contributed by atoms with van der Waals surface area (Å²) < 4.78 is 6.44. The Bertz CT molecular complexity index is 2600. The van der Waals surface area contributed by atoms with Gasteiger partial charge in [0.2, 0.25) is 5.71 Å². The molecule has 6 nitrogen and oxygen atoms in total. The van der Waals surface area contributed by atoms with Crippen molar-refractivity contribution >= 4 is 39.3 Å². The van der Waals surface area contributed by atoms with Gasteiger partial charge in [-0.25, -0.2) is 9.97 Å². The van der Waals surface area contributed by atoms with E-state index in [2.05, 4.69) is 119 Å². The van der Waals surface area contributed by atoms with Crippen LogP contribution in [-0.2, 0) is 10.8 Å². The van der Waals surface area contributed by atoms with Gasteiger partial charge in [0.05, 0.1) is 16.8 Å². The van der Waals surface area contributed by atoms with Crippen molar-refractivity contribution in [3.05, 3.63) is 151 Å². The molecule has 0 saturated carbocycles. The van der Waals surface area contributed by atoms with Crippen molar-refractivity contribution in [2.24, 2.45) is 0 Å². The predicted molar refractivity (Wildman–Crippen MR) is 217 cm³/mol. The Kier molecular flexibility index (Phi) is 8.34. The number of aromatic nitrogens is 3. The van der Waals surface area contributed by atoms with E-state index in [0.29, 0.717) is 28.4 Å². The van der Waals surface area contributed by atoms with Crippen LogP contribution in [0.25, 0.3) is 55.8 Å². The van der Waals surface area contributed by atoms with Gasteiger partial charge in [-0.05, 0) is 64.4 Å². The van der Waals surface area contributed by atoms with Crippen LogP contribution in [0, 0.1) is 0 Å². The number of phenols is 1. The third kappa shape index (κ3) is 6.31. The van der Waals surface area contributed by atoms with E-state index >= 15 is 0 Å². The summed E-state index contributed by atoms with van der Waals surface area (Å²) in [7, 11) is 0. The summed E-state index contributed by atoms with van der Waals surface area (Å²) in [6, 6.07) is 45.0. The lowest BCUT2D eigenvalue weighted by atomic mass is 9.78. The van der Waals surface area contributed by atoms with Crippen LogP contribution in [0.5, 0.6) is 5.75 Å². The minimum atomic E-state index is -0.313. The average Bonchev–Trinajstić information content (AvgIpc) is 3.54. The summed E-state index contributed by atoms with van der Waals surface area (Å²) in [5.74, 6) is 1.49. The van der Waals surface area contributed by atoms with E-state index in [1.165, 1.54) is 0 Å². The molecule has 0 saturated heterocycles. The molecule has 1 N–H and O–H groups in total. The van der Waals surface area contributed by atoms with Gasteiger partial charge in [-0.2, -0.15) is 4.98 Å². The van der Waals surface area contributed by atoms with E-state index in [-0.39, 0.29) is 16.6 Å². The number of benzene rings is 5. The Labute approximate surface area is 310 Å². The molecule has 0 radical (unpaired) electrons. The fourth-order valence-corrected chi connectivity index (χ4v) is 6.96. The molecule has 3 aromatic heterocycles. The highest BCUT2D eigenvalue weighted by Crippen LogP contribution is 2.46. The van der Waals surface area contributed by atoms with E-state index in [1.807, 2.05) is 66.9 Å². The summed E-state index contributed by atoms with van der Waals surface area (Å²) in [6.07, 6.45) is 1.81. The van der Waals surface area contributed by atoms with E-state index in [4.69, 9.17) is 19.4 Å². The van der Waals surface area contributed by atoms with Gasteiger partial charge >= 0.3 is 0 Å². The molecule has 262 valence electrons. The number of nitrogens with zero attached hydrogens (tertiary/aromatic N) is 4. The predicted octanol–water partition coefficient (Wildman–Crippen LogP) is 12.5. The van der Waals surface area contributed by atoms with Gasteiger partial charge in [0.1, 0.15) is 17.2 Å². The molecule has 8 aromatic rings. The molecule has 5 aromatic carbocycles. The van der Waals surface area contributed by atoms with Crippen LogP contribution in [-0.4, -0.2) is 20.1 Å². The van der Waals surface area contributed by atoms with E-state index < -0.39 is 0 Å². The van der Waals surface area contributed by atoms with Crippen molar-refractivity contribution in [2.75, 3.05) is 4.90 Å². The molecule has 0 aliphatic heterocycles. The molecule has 0 fully saturated rings. The van der Waals surface area contributed by atoms with E-state index in [9.17, 15) is 5.11 Å². The van der Waals surface area contributed by atoms with Gasteiger partial charge in [-0.1, -0.05) is 133 Å². The molecule has 0 amide bonds. The minimum Gasteiger partial charge on any atom is -0.507 e. The van der Waals surface area contributed by atoms with Crippen molar-refractivity contribution in [1.82, 2.24) is 15.0 Å². The quantitative estimate of drug-likeness (QED) is 0.187. The Balaban J connectivity index is 1.37. The minimum absolute atomic E-state index is 0.171. The number of pyridine rings is 1. The lowest BCUT2D eigenvalue weighted by Crippen LogP contribution is -2.17. The lowest BCUT2D eigenvalue weighted by molar-refractivity contribution is 0.446. The van der Waals surface area contributed by atoms with Crippen molar-refractivity contribution in [3.8, 4) is 39.5 Å². The van der Waals surface area contributed by atoms with Crippen LogP contribution < -0.4 is 4.90 Å². The highest BCUT2D eigenvalue weighted by atomic mass is 16.3. The van der Waals surface area contributed by atoms with Gasteiger partial charge in [-0.3, -0.25) is 4.90 Å². The SMILES string of the molecule is CC(C)(C)c1cc(-c2nc(-c3cccc(N(c4ccccn4)c4ccccc4-c4ccccc4)c3)nc3oc4ccccc4c23)c(O)c(C(C)(C)C)c1. The highest BCUT2D eigenvalue weighted by Gasteiger charge is 2.28. The largest absolute Gasteiger partial charge is 0.507 e. The molecule has 8 rings (SSSR count). The lowest BCUT2D eigenvalue weighted by Gasteiger charge is -2.27. The Morgan fingerprint density at radius 1 is 0.623 bits per heavy atom. The monoisotopic (exact) mass is 694 g/mol. The second-order valence-electron chi connectivity index (χ2n) is 15.6. The number of anilines is 3. The number of fused-ring (bicyclic) bond motifs is 3. The number of rotatable bonds is 6. The first-order valence-electron chi connectivity index (χ1n) is 18.0. The second kappa shape index (κ2) is 13.1. The first-order valence-corrected chi connectivity index (χ1v) is 18.0. The van der Waals surface area contributed by atoms with Crippen LogP contribution in [0.1, 0.15) is 52.7 Å². The smallest absolute Gasteiger partial charge is 0.231 e. The second-order valence-corrected chi connectivity index (χ2v) is 15.6. The van der Waals surface area contributed by atoms with Gasteiger partial charge in [0, 0.05) is 39.5 Å². The molecule has 0 aliphatic rings. The number of furan rings is 1. The maximum Gasteiger partial charge on any atom is 0.231 e. The molecule has 0 atom stereocenters. The molecular weight excluding hydrogens is 653 g/mol. The molecule has 0 aliphatic carbocycles. The van der Waals surface area contributed by atoms with Crippen LogP contribution >= 0.6 is 0 Å². The summed E-state index contributed by atoms with van der Waals surface area (Å²) in [5.41, 5.74) is 8.83. The van der Waals surface area contributed by atoms with Crippen LogP contribution in [0.2, 0.25) is 0 Å². The topological polar surface area (TPSA) is 75.3 Å². The summed E-state index contributed by atoms with van der Waals surface area (Å²) >= 11 is 0. The molecule has 0 bridgehead atoms. The fraction of sp³-hybridized carbons (Fsp3) is 0.170. The maximum absolute atomic E-state index is 12.1. The Morgan fingerprint density at radius 3 is 2.09 bits per heavy atom. The Morgan fingerprint density at radius 2 is 1.34 bits per heavy atom. The highest BCUT2D eigenvalue weighted by molar-refractivity contribution is 6.11. The third-order valence-corrected chi connectivity index (χ3v) is 9.75. The number of phenolic OH excluding ortho intramolecular Hbond substituents is 1. The van der Waals surface area contributed by atoms with Crippen LogP contribution in [0.3, 0.4) is 0 Å². The first-order chi connectivity index (χ1) is 25.5. The van der Waals surface area contributed by atoms with E-state index in [0.717, 1.165) is 55.8 Å². The fourth-order valence-electron chi connectivity index (χ4n) is 6.96. The van der Waals surface area contributed by atoms with Crippen LogP contribution in [0.15, 0.2) is 144 Å². The zero-order valence-electron chi connectivity index (χ0n) is 30.9. The standard InChI is InChI=1S/C47H42N4O2/c1-46(2,3)32-28-36(43(52)37(29-32)47(4,5)6)42-41-35-22-11-13-24-39(35)53-45(41)50-44(49-42)31-19-16-20-33(27-31)51(40-25-14-15-26-48-40)38-23-12-10-21-34(38)30-17-8-7-9-18-30/h7-29,52H,1-6H3. The van der Waals surface area contributed by atoms with Gasteiger partial charge in [-0.15, -0.1) is 0 Å². The zero-order chi connectivity index (χ0) is 36.9. The molecule has 0 spiro atoms. The summed E-state index contributed by atoms with van der Waals surface area (Å²) in [4.78, 5) is 17.3. The number of aromatic hydroxyl groups is 1. The molecular formula is C47H42N4O2. The number of para-hydroxylation sites is 2. The third-order valence-electron chi connectivity index (χ3n) is 9.75. The molecule has 6 heteroatoms. The van der Waals surface area contributed by atoms with E-state index in [1.54, 1.807) is 0 Å². The molecule has 3 heterocycles. The van der Waals surface area contributed by atoms with Crippen molar-refractivity contribution in [1.29, 1.82) is 0 Å². The average molecular weight is 695 g/mol. The van der Waals surface area contributed by atoms with Crippen molar-refractivity contribution in [2.45, 2.75) is 52.4 Å². The number of hydrogen-bond acceptors (Lipinski definition) is 6. The van der Waals surface area contributed by atoms with Gasteiger partial charge < -0.3 is 9.52 Å². The zero-order valence-corrected chi connectivity index (χ0v) is 30.9. The normalized spacial score (nSPS) is 12.0.